The van der Waals surface area contributed by atoms with Crippen molar-refractivity contribution in [3.63, 3.8) is 0 Å². The van der Waals surface area contributed by atoms with Crippen molar-refractivity contribution in [3.05, 3.63) is 18.3 Å². The van der Waals surface area contributed by atoms with Crippen LogP contribution in [-0.2, 0) is 0 Å². The molecule has 0 aliphatic heterocycles. The van der Waals surface area contributed by atoms with E-state index in [1.54, 1.807) is 6.20 Å². The molecule has 0 atom stereocenters. The first-order valence-corrected chi connectivity index (χ1v) is 4.59. The molecule has 0 aliphatic rings. The van der Waals surface area contributed by atoms with Gasteiger partial charge >= 0.3 is 0 Å². The van der Waals surface area contributed by atoms with Crippen molar-refractivity contribution in [1.82, 2.24) is 4.98 Å². The van der Waals surface area contributed by atoms with Crippen LogP contribution in [0.3, 0.4) is 0 Å². The van der Waals surface area contributed by atoms with Crippen LogP contribution in [0.25, 0.3) is 0 Å². The molecule has 1 aromatic rings. The van der Waals surface area contributed by atoms with Gasteiger partial charge in [-0.2, -0.15) is 0 Å². The van der Waals surface area contributed by atoms with E-state index in [0.717, 1.165) is 11.6 Å². The molecule has 3 nitrogen and oxygen atoms in total. The molecule has 14 heavy (non-hydrogen) atoms. The van der Waals surface area contributed by atoms with Crippen molar-refractivity contribution in [2.75, 3.05) is 18.5 Å². The number of hydrogen-bond acceptors (Lipinski definition) is 3. The Labute approximate surface area is 84.5 Å². The first-order valence-electron chi connectivity index (χ1n) is 4.59. The van der Waals surface area contributed by atoms with Crippen molar-refractivity contribution in [2.24, 2.45) is 0 Å². The molecule has 0 spiro atoms. The van der Waals surface area contributed by atoms with Crippen LogP contribution < -0.4 is 10.1 Å². The fraction of sp³-hybridized carbons (Fsp3) is 0.364. The molecule has 0 bridgehead atoms. The first-order chi connectivity index (χ1) is 6.88. The second kappa shape index (κ2) is 5.87. The van der Waals surface area contributed by atoms with Crippen LogP contribution in [-0.4, -0.2) is 18.1 Å². The number of rotatable bonds is 4. The summed E-state index contributed by atoms with van der Waals surface area (Å²) in [5, 5.41) is 3.09. The monoisotopic (exact) mass is 190 g/mol. The van der Waals surface area contributed by atoms with E-state index in [9.17, 15) is 0 Å². The molecule has 0 fully saturated rings. The summed E-state index contributed by atoms with van der Waals surface area (Å²) in [6, 6.07) is 3.74. The lowest BCUT2D eigenvalue weighted by atomic mass is 10.4. The molecule has 1 aromatic heterocycles. The van der Waals surface area contributed by atoms with Gasteiger partial charge in [0.25, 0.3) is 0 Å². The number of aromatic nitrogens is 1. The molecular weight excluding hydrogens is 176 g/mol. The van der Waals surface area contributed by atoms with Gasteiger partial charge < -0.3 is 10.1 Å². The van der Waals surface area contributed by atoms with E-state index in [1.807, 2.05) is 26.0 Å². The van der Waals surface area contributed by atoms with Crippen LogP contribution in [0.15, 0.2) is 18.3 Å². The smallest absolute Gasteiger partial charge is 0.169 e. The highest BCUT2D eigenvalue weighted by Gasteiger charge is 2.00. The number of hydrogen-bond donors (Lipinski definition) is 1. The fourth-order valence-corrected chi connectivity index (χ4v) is 1.01. The molecule has 3 heteroatoms. The van der Waals surface area contributed by atoms with Gasteiger partial charge in [0.2, 0.25) is 0 Å². The maximum absolute atomic E-state index is 5.39. The van der Waals surface area contributed by atoms with Crippen LogP contribution in [0.5, 0.6) is 5.75 Å². The molecule has 74 valence electrons. The average molecular weight is 190 g/mol. The molecule has 0 saturated carbocycles. The second-order valence-corrected chi connectivity index (χ2v) is 2.56. The van der Waals surface area contributed by atoms with E-state index in [4.69, 9.17) is 4.74 Å². The zero-order chi connectivity index (χ0) is 10.2. The Balaban J connectivity index is 2.67. The number of anilines is 1. The van der Waals surface area contributed by atoms with E-state index in [1.165, 1.54) is 0 Å². The summed E-state index contributed by atoms with van der Waals surface area (Å²) in [6.45, 7) is 4.99. The Morgan fingerprint density at radius 3 is 3.14 bits per heavy atom. The highest BCUT2D eigenvalue weighted by molar-refractivity contribution is 5.50. The SMILES string of the molecule is CC#CCNc1ncccc1OCC. The summed E-state index contributed by atoms with van der Waals surface area (Å²) in [5.41, 5.74) is 0. The lowest BCUT2D eigenvalue weighted by Gasteiger charge is -2.08. The molecule has 0 unspecified atom stereocenters. The molecule has 0 radical (unpaired) electrons. The molecule has 0 amide bonds. The van der Waals surface area contributed by atoms with Crippen LogP contribution in [0.1, 0.15) is 13.8 Å². The van der Waals surface area contributed by atoms with Crippen LogP contribution in [0.4, 0.5) is 5.82 Å². The Hall–Kier alpha value is -1.69. The number of ether oxygens (including phenoxy) is 1. The maximum atomic E-state index is 5.39. The summed E-state index contributed by atoms with van der Waals surface area (Å²) in [6.07, 6.45) is 1.73. The van der Waals surface area contributed by atoms with E-state index in [0.29, 0.717) is 13.2 Å². The van der Waals surface area contributed by atoms with E-state index < -0.39 is 0 Å². The quantitative estimate of drug-likeness (QED) is 0.736. The third-order valence-electron chi connectivity index (χ3n) is 1.59. The highest BCUT2D eigenvalue weighted by Crippen LogP contribution is 2.19. The lowest BCUT2D eigenvalue weighted by Crippen LogP contribution is -2.04. The minimum atomic E-state index is 0.591. The summed E-state index contributed by atoms with van der Waals surface area (Å²) in [7, 11) is 0. The largest absolute Gasteiger partial charge is 0.490 e. The van der Waals surface area contributed by atoms with Crippen molar-refractivity contribution in [1.29, 1.82) is 0 Å². The van der Waals surface area contributed by atoms with Gasteiger partial charge in [-0.25, -0.2) is 4.98 Å². The summed E-state index contributed by atoms with van der Waals surface area (Å²) in [5.74, 6) is 7.24. The van der Waals surface area contributed by atoms with Gasteiger partial charge in [-0.15, -0.1) is 5.92 Å². The molecule has 0 aromatic carbocycles. The minimum Gasteiger partial charge on any atom is -0.490 e. The highest BCUT2D eigenvalue weighted by atomic mass is 16.5. The van der Waals surface area contributed by atoms with Crippen LogP contribution >= 0.6 is 0 Å². The van der Waals surface area contributed by atoms with Crippen LogP contribution in [0.2, 0.25) is 0 Å². The van der Waals surface area contributed by atoms with Gasteiger partial charge in [0.1, 0.15) is 0 Å². The summed E-state index contributed by atoms with van der Waals surface area (Å²) in [4.78, 5) is 4.17. The van der Waals surface area contributed by atoms with Gasteiger partial charge in [0.15, 0.2) is 11.6 Å². The molecular formula is C11H14N2O. The second-order valence-electron chi connectivity index (χ2n) is 2.56. The molecule has 0 saturated heterocycles. The predicted octanol–water partition coefficient (Wildman–Crippen LogP) is 1.92. The van der Waals surface area contributed by atoms with E-state index >= 15 is 0 Å². The van der Waals surface area contributed by atoms with Gasteiger partial charge in [0, 0.05) is 6.20 Å². The van der Waals surface area contributed by atoms with Crippen LogP contribution in [0, 0.1) is 11.8 Å². The zero-order valence-electron chi connectivity index (χ0n) is 8.50. The minimum absolute atomic E-state index is 0.591. The Kier molecular flexibility index (Phi) is 4.36. The number of nitrogens with zero attached hydrogens (tertiary/aromatic N) is 1. The topological polar surface area (TPSA) is 34.2 Å². The van der Waals surface area contributed by atoms with Gasteiger partial charge in [0.05, 0.1) is 13.2 Å². The molecule has 1 rings (SSSR count). The Bertz CT molecular complexity index is 339. The van der Waals surface area contributed by atoms with E-state index in [2.05, 4.69) is 22.1 Å². The van der Waals surface area contributed by atoms with Crippen molar-refractivity contribution < 1.29 is 4.74 Å². The van der Waals surface area contributed by atoms with Gasteiger partial charge in [-0.3, -0.25) is 0 Å². The third kappa shape index (κ3) is 2.98. The normalized spacial score (nSPS) is 8.71. The zero-order valence-corrected chi connectivity index (χ0v) is 8.50. The standard InChI is InChI=1S/C11H14N2O/c1-3-5-8-12-11-10(14-4-2)7-6-9-13-11/h6-7,9H,4,8H2,1-2H3,(H,12,13). The Morgan fingerprint density at radius 1 is 1.57 bits per heavy atom. The van der Waals surface area contributed by atoms with Gasteiger partial charge in [-0.05, 0) is 26.0 Å². The van der Waals surface area contributed by atoms with Gasteiger partial charge in [-0.1, -0.05) is 5.92 Å². The van der Waals surface area contributed by atoms with Crippen molar-refractivity contribution in [3.8, 4) is 17.6 Å². The fourth-order valence-electron chi connectivity index (χ4n) is 1.01. The third-order valence-corrected chi connectivity index (χ3v) is 1.59. The maximum Gasteiger partial charge on any atom is 0.169 e. The lowest BCUT2D eigenvalue weighted by molar-refractivity contribution is 0.340. The summed E-state index contributed by atoms with van der Waals surface area (Å²) >= 11 is 0. The Morgan fingerprint density at radius 2 is 2.43 bits per heavy atom. The predicted molar refractivity (Wildman–Crippen MR) is 57.3 cm³/mol. The van der Waals surface area contributed by atoms with E-state index in [-0.39, 0.29) is 0 Å². The molecule has 0 aliphatic carbocycles. The number of pyridine rings is 1. The average Bonchev–Trinajstić information content (AvgIpc) is 2.21. The summed E-state index contributed by atoms with van der Waals surface area (Å²) < 4.78 is 5.39. The first kappa shape index (κ1) is 10.4. The van der Waals surface area contributed by atoms with Crippen molar-refractivity contribution in [2.45, 2.75) is 13.8 Å². The number of nitrogens with one attached hydrogen (secondary N) is 1. The van der Waals surface area contributed by atoms with Crippen molar-refractivity contribution >= 4 is 5.82 Å². The molecule has 1 N–H and O–H groups in total. The molecule has 1 heterocycles.